The molecular formula is C20H20N4O2. The highest BCUT2D eigenvalue weighted by molar-refractivity contribution is 5.94. The molecule has 2 aromatic heterocycles. The molecule has 1 aliphatic rings. The van der Waals surface area contributed by atoms with Crippen molar-refractivity contribution in [1.29, 1.82) is 0 Å². The van der Waals surface area contributed by atoms with Crippen molar-refractivity contribution in [3.63, 3.8) is 0 Å². The van der Waals surface area contributed by atoms with Crippen LogP contribution in [0.2, 0.25) is 0 Å². The Kier molecular flexibility index (Phi) is 4.39. The van der Waals surface area contributed by atoms with Crippen LogP contribution >= 0.6 is 0 Å². The average molecular weight is 348 g/mol. The number of carbonyl (C=O) groups is 1. The molecule has 6 heteroatoms. The van der Waals surface area contributed by atoms with E-state index in [9.17, 15) is 4.79 Å². The largest absolute Gasteiger partial charge is 0.487 e. The van der Waals surface area contributed by atoms with Gasteiger partial charge in [-0.15, -0.1) is 0 Å². The van der Waals surface area contributed by atoms with E-state index in [0.29, 0.717) is 25.3 Å². The third kappa shape index (κ3) is 3.44. The van der Waals surface area contributed by atoms with Crippen molar-refractivity contribution in [2.75, 3.05) is 6.54 Å². The topological polar surface area (TPSA) is 71.1 Å². The first-order valence-electron chi connectivity index (χ1n) is 8.64. The van der Waals surface area contributed by atoms with Crippen molar-refractivity contribution in [3.05, 3.63) is 76.9 Å². The minimum atomic E-state index is 0.0377. The maximum Gasteiger partial charge on any atom is 0.254 e. The predicted octanol–water partition coefficient (Wildman–Crippen LogP) is 2.89. The Balaban J connectivity index is 1.43. The van der Waals surface area contributed by atoms with Crippen molar-refractivity contribution >= 4 is 5.91 Å². The third-order valence-corrected chi connectivity index (χ3v) is 4.55. The normalized spacial score (nSPS) is 13.3. The summed E-state index contributed by atoms with van der Waals surface area (Å²) in [5.41, 5.74) is 4.81. The van der Waals surface area contributed by atoms with Crippen LogP contribution < -0.4 is 4.74 Å². The summed E-state index contributed by atoms with van der Waals surface area (Å²) in [5, 5.41) is 7.05. The summed E-state index contributed by atoms with van der Waals surface area (Å²) in [7, 11) is 0. The summed E-state index contributed by atoms with van der Waals surface area (Å²) in [5.74, 6) is 0.756. The molecule has 4 rings (SSSR count). The van der Waals surface area contributed by atoms with Crippen molar-refractivity contribution in [1.82, 2.24) is 20.1 Å². The number of nitrogens with zero attached hydrogens (tertiary/aromatic N) is 3. The summed E-state index contributed by atoms with van der Waals surface area (Å²) in [4.78, 5) is 18.9. The lowest BCUT2D eigenvalue weighted by atomic mass is 10.1. The van der Waals surface area contributed by atoms with Gasteiger partial charge >= 0.3 is 0 Å². The summed E-state index contributed by atoms with van der Waals surface area (Å²) >= 11 is 0. The van der Waals surface area contributed by atoms with E-state index in [-0.39, 0.29) is 5.91 Å². The lowest BCUT2D eigenvalue weighted by Crippen LogP contribution is -2.35. The van der Waals surface area contributed by atoms with Crippen molar-refractivity contribution in [3.8, 4) is 5.75 Å². The first-order valence-corrected chi connectivity index (χ1v) is 8.64. The number of benzene rings is 1. The van der Waals surface area contributed by atoms with Crippen molar-refractivity contribution < 1.29 is 9.53 Å². The lowest BCUT2D eigenvalue weighted by molar-refractivity contribution is 0.0734. The molecule has 0 unspecified atom stereocenters. The molecule has 0 saturated carbocycles. The fourth-order valence-electron chi connectivity index (χ4n) is 3.08. The zero-order valence-electron chi connectivity index (χ0n) is 14.6. The number of nitrogens with one attached hydrogen (secondary N) is 1. The van der Waals surface area contributed by atoms with Crippen LogP contribution in [0.4, 0.5) is 0 Å². The molecule has 6 nitrogen and oxygen atoms in total. The molecule has 1 aromatic carbocycles. The van der Waals surface area contributed by atoms with E-state index in [1.54, 1.807) is 12.4 Å². The Morgan fingerprint density at radius 3 is 3.04 bits per heavy atom. The van der Waals surface area contributed by atoms with E-state index in [1.165, 1.54) is 0 Å². The zero-order valence-corrected chi connectivity index (χ0v) is 14.6. The Bertz CT molecular complexity index is 918. The molecule has 132 valence electrons. The Hall–Kier alpha value is -3.15. The van der Waals surface area contributed by atoms with E-state index in [4.69, 9.17) is 4.74 Å². The predicted molar refractivity (Wildman–Crippen MR) is 96.8 cm³/mol. The Morgan fingerprint density at radius 1 is 1.27 bits per heavy atom. The highest BCUT2D eigenvalue weighted by Gasteiger charge is 2.23. The second-order valence-corrected chi connectivity index (χ2v) is 6.47. The second-order valence-electron chi connectivity index (χ2n) is 6.47. The van der Waals surface area contributed by atoms with Crippen LogP contribution in [0, 0.1) is 6.92 Å². The number of carbonyl (C=O) groups excluding carboxylic acids is 1. The van der Waals surface area contributed by atoms with Crippen LogP contribution in [0.1, 0.15) is 32.9 Å². The number of aromatic nitrogens is 3. The second kappa shape index (κ2) is 7.00. The van der Waals surface area contributed by atoms with Gasteiger partial charge in [-0.2, -0.15) is 5.10 Å². The number of hydrogen-bond donors (Lipinski definition) is 1. The molecule has 0 aliphatic carbocycles. The van der Waals surface area contributed by atoms with Crippen LogP contribution in [-0.4, -0.2) is 32.5 Å². The number of amides is 1. The molecule has 0 fully saturated rings. The van der Waals surface area contributed by atoms with Crippen LogP contribution in [0.25, 0.3) is 0 Å². The summed E-state index contributed by atoms with van der Waals surface area (Å²) in [6.07, 6.45) is 4.32. The fourth-order valence-corrected chi connectivity index (χ4v) is 3.08. The first-order chi connectivity index (χ1) is 12.7. The maximum absolute atomic E-state index is 12.8. The molecule has 0 spiro atoms. The number of rotatable bonds is 4. The van der Waals surface area contributed by atoms with Gasteiger partial charge in [0.15, 0.2) is 0 Å². The molecule has 1 amide bonds. The highest BCUT2D eigenvalue weighted by atomic mass is 16.5. The molecular weight excluding hydrogens is 328 g/mol. The van der Waals surface area contributed by atoms with Gasteiger partial charge in [-0.05, 0) is 36.8 Å². The molecule has 26 heavy (non-hydrogen) atoms. The SMILES string of the molecule is Cc1ccc(OCc2cccc(C(=O)N3CCc4[nH]ncc4C3)c2)cn1. The zero-order chi connectivity index (χ0) is 17.9. The number of ether oxygens (including phenoxy) is 1. The van der Waals surface area contributed by atoms with Gasteiger partial charge in [0.1, 0.15) is 12.4 Å². The Labute approximate surface area is 151 Å². The van der Waals surface area contributed by atoms with Crippen molar-refractivity contribution in [2.45, 2.75) is 26.5 Å². The van der Waals surface area contributed by atoms with Crippen LogP contribution in [-0.2, 0) is 19.6 Å². The van der Waals surface area contributed by atoms with Crippen LogP contribution in [0.3, 0.4) is 0 Å². The van der Waals surface area contributed by atoms with Gasteiger partial charge in [0.25, 0.3) is 5.91 Å². The number of aryl methyl sites for hydroxylation is 1. The van der Waals surface area contributed by atoms with Gasteiger partial charge < -0.3 is 9.64 Å². The number of hydrogen-bond acceptors (Lipinski definition) is 4. The lowest BCUT2D eigenvalue weighted by Gasteiger charge is -2.26. The quantitative estimate of drug-likeness (QED) is 0.787. The van der Waals surface area contributed by atoms with Gasteiger partial charge in [-0.1, -0.05) is 12.1 Å². The number of H-pyrrole nitrogens is 1. The molecule has 3 heterocycles. The van der Waals surface area contributed by atoms with E-state index >= 15 is 0 Å². The Morgan fingerprint density at radius 2 is 2.19 bits per heavy atom. The number of pyridine rings is 1. The standard InChI is InChI=1S/C20H20N4O2/c1-14-5-6-18(11-21-14)26-13-15-3-2-4-16(9-15)20(25)24-8-7-19-17(12-24)10-22-23-19/h2-6,9-11H,7-8,12-13H2,1H3,(H,22,23). The first kappa shape index (κ1) is 16.3. The number of fused-ring (bicyclic) bond motifs is 1. The molecule has 0 saturated heterocycles. The van der Waals surface area contributed by atoms with Crippen LogP contribution in [0.15, 0.2) is 48.8 Å². The van der Waals surface area contributed by atoms with E-state index in [1.807, 2.05) is 48.2 Å². The van der Waals surface area contributed by atoms with E-state index in [0.717, 1.165) is 34.7 Å². The van der Waals surface area contributed by atoms with E-state index < -0.39 is 0 Å². The monoisotopic (exact) mass is 348 g/mol. The van der Waals surface area contributed by atoms with Gasteiger partial charge in [-0.25, -0.2) is 0 Å². The maximum atomic E-state index is 12.8. The number of aromatic amines is 1. The highest BCUT2D eigenvalue weighted by Crippen LogP contribution is 2.19. The van der Waals surface area contributed by atoms with Gasteiger partial charge in [0.05, 0.1) is 12.4 Å². The summed E-state index contributed by atoms with van der Waals surface area (Å²) < 4.78 is 5.76. The average Bonchev–Trinajstić information content (AvgIpc) is 3.15. The third-order valence-electron chi connectivity index (χ3n) is 4.55. The van der Waals surface area contributed by atoms with Gasteiger partial charge in [0, 0.05) is 42.0 Å². The molecule has 1 aliphatic heterocycles. The molecule has 0 atom stereocenters. The fraction of sp³-hybridized carbons (Fsp3) is 0.250. The van der Waals surface area contributed by atoms with Gasteiger partial charge in [-0.3, -0.25) is 14.9 Å². The van der Waals surface area contributed by atoms with E-state index in [2.05, 4.69) is 15.2 Å². The minimum absolute atomic E-state index is 0.0377. The molecule has 1 N–H and O–H groups in total. The van der Waals surface area contributed by atoms with Crippen LogP contribution in [0.5, 0.6) is 5.75 Å². The minimum Gasteiger partial charge on any atom is -0.487 e. The molecule has 3 aromatic rings. The molecule has 0 radical (unpaired) electrons. The van der Waals surface area contributed by atoms with Gasteiger partial charge in [0.2, 0.25) is 0 Å². The smallest absolute Gasteiger partial charge is 0.254 e. The molecule has 0 bridgehead atoms. The van der Waals surface area contributed by atoms with Crippen molar-refractivity contribution in [2.24, 2.45) is 0 Å². The summed E-state index contributed by atoms with van der Waals surface area (Å²) in [6.45, 7) is 3.63. The summed E-state index contributed by atoms with van der Waals surface area (Å²) in [6, 6.07) is 11.4.